The highest BCUT2D eigenvalue weighted by Crippen LogP contribution is 2.09. The first-order valence-electron chi connectivity index (χ1n) is 7.28. The van der Waals surface area contributed by atoms with Gasteiger partial charge in [-0.05, 0) is 31.0 Å². The van der Waals surface area contributed by atoms with Gasteiger partial charge in [0.2, 0.25) is 5.91 Å². The summed E-state index contributed by atoms with van der Waals surface area (Å²) in [6, 6.07) is 6.27. The number of hydrogen-bond acceptors (Lipinski definition) is 3. The van der Waals surface area contributed by atoms with Crippen molar-refractivity contribution in [3.05, 3.63) is 35.6 Å². The van der Waals surface area contributed by atoms with Crippen molar-refractivity contribution in [2.75, 3.05) is 32.7 Å². The molecule has 0 aliphatic carbocycles. The number of Topliss-reactive ketones (excluding diaryl/α,β-unsaturated/α-hetero) is 1. The van der Waals surface area contributed by atoms with E-state index in [-0.39, 0.29) is 17.5 Å². The summed E-state index contributed by atoms with van der Waals surface area (Å²) < 4.78 is 12.8. The molecule has 1 saturated heterocycles. The fourth-order valence-corrected chi connectivity index (χ4v) is 2.53. The van der Waals surface area contributed by atoms with Crippen LogP contribution in [-0.2, 0) is 16.0 Å². The number of amides is 1. The van der Waals surface area contributed by atoms with Crippen LogP contribution in [-0.4, -0.2) is 54.2 Å². The lowest BCUT2D eigenvalue weighted by Crippen LogP contribution is -2.49. The maximum Gasteiger partial charge on any atom is 0.222 e. The molecule has 1 aromatic rings. The van der Waals surface area contributed by atoms with Gasteiger partial charge >= 0.3 is 0 Å². The Kier molecular flexibility index (Phi) is 5.44. The topological polar surface area (TPSA) is 40.6 Å². The molecular weight excluding hydrogens is 271 g/mol. The second-order valence-electron chi connectivity index (χ2n) is 5.49. The van der Waals surface area contributed by atoms with Crippen LogP contribution in [0.1, 0.15) is 18.9 Å². The summed E-state index contributed by atoms with van der Waals surface area (Å²) in [5.41, 5.74) is 0.972. The molecule has 21 heavy (non-hydrogen) atoms. The zero-order valence-corrected chi connectivity index (χ0v) is 12.3. The number of piperazine rings is 1. The van der Waals surface area contributed by atoms with Gasteiger partial charge in [0.05, 0.1) is 6.54 Å². The molecule has 1 aliphatic rings. The highest BCUT2D eigenvalue weighted by atomic mass is 19.1. The monoisotopic (exact) mass is 292 g/mol. The second-order valence-corrected chi connectivity index (χ2v) is 5.49. The van der Waals surface area contributed by atoms with Crippen LogP contribution >= 0.6 is 0 Å². The number of nitrogens with zero attached hydrogens (tertiary/aromatic N) is 2. The largest absolute Gasteiger partial charge is 0.340 e. The van der Waals surface area contributed by atoms with Gasteiger partial charge in [0, 0.05) is 32.6 Å². The number of carbonyl (C=O) groups excluding carboxylic acids is 2. The molecule has 0 radical (unpaired) electrons. The maximum absolute atomic E-state index is 12.8. The predicted octanol–water partition coefficient (Wildman–Crippen LogP) is 1.49. The third kappa shape index (κ3) is 4.93. The van der Waals surface area contributed by atoms with E-state index in [1.54, 1.807) is 19.1 Å². The van der Waals surface area contributed by atoms with Crippen LogP contribution in [0.2, 0.25) is 0 Å². The van der Waals surface area contributed by atoms with E-state index < -0.39 is 0 Å². The Bertz CT molecular complexity index is 494. The standard InChI is InChI=1S/C16H21FN2O2/c1-13(20)12-18-8-10-19(11-9-18)16(21)7-4-14-2-5-15(17)6-3-14/h2-3,5-6H,4,7-12H2,1H3. The first kappa shape index (κ1) is 15.6. The molecule has 0 spiro atoms. The average Bonchev–Trinajstić information content (AvgIpc) is 2.46. The number of carbonyl (C=O) groups is 2. The van der Waals surface area contributed by atoms with E-state index >= 15 is 0 Å². The molecule has 1 heterocycles. The third-order valence-electron chi connectivity index (χ3n) is 3.71. The average molecular weight is 292 g/mol. The fraction of sp³-hybridized carbons (Fsp3) is 0.500. The smallest absolute Gasteiger partial charge is 0.222 e. The summed E-state index contributed by atoms with van der Waals surface area (Å²) in [6.07, 6.45) is 1.07. The number of benzene rings is 1. The van der Waals surface area contributed by atoms with Crippen molar-refractivity contribution in [2.45, 2.75) is 19.8 Å². The van der Waals surface area contributed by atoms with Crippen LogP contribution in [0.15, 0.2) is 24.3 Å². The Labute approximate surface area is 124 Å². The quantitative estimate of drug-likeness (QED) is 0.825. The minimum atomic E-state index is -0.258. The Morgan fingerprint density at radius 2 is 1.71 bits per heavy atom. The molecule has 1 amide bonds. The van der Waals surface area contributed by atoms with Crippen molar-refractivity contribution in [2.24, 2.45) is 0 Å². The molecule has 2 rings (SSSR count). The molecule has 4 nitrogen and oxygen atoms in total. The molecule has 0 saturated carbocycles. The van der Waals surface area contributed by atoms with E-state index in [9.17, 15) is 14.0 Å². The molecule has 1 aromatic carbocycles. The van der Waals surface area contributed by atoms with Crippen LogP contribution in [0.4, 0.5) is 4.39 Å². The van der Waals surface area contributed by atoms with Crippen molar-refractivity contribution in [1.29, 1.82) is 0 Å². The lowest BCUT2D eigenvalue weighted by Gasteiger charge is -2.34. The van der Waals surface area contributed by atoms with Gasteiger partial charge in [-0.25, -0.2) is 4.39 Å². The van der Waals surface area contributed by atoms with Crippen LogP contribution in [0, 0.1) is 5.82 Å². The number of rotatable bonds is 5. The summed E-state index contributed by atoms with van der Waals surface area (Å²) in [5.74, 6) is 0.0274. The molecule has 114 valence electrons. The molecule has 0 atom stereocenters. The van der Waals surface area contributed by atoms with Gasteiger partial charge in [-0.2, -0.15) is 0 Å². The first-order chi connectivity index (χ1) is 10.0. The summed E-state index contributed by atoms with van der Waals surface area (Å²) in [4.78, 5) is 27.1. The third-order valence-corrected chi connectivity index (χ3v) is 3.71. The lowest BCUT2D eigenvalue weighted by atomic mass is 10.1. The maximum atomic E-state index is 12.8. The van der Waals surface area contributed by atoms with Crippen molar-refractivity contribution in [1.82, 2.24) is 9.80 Å². The van der Waals surface area contributed by atoms with E-state index in [2.05, 4.69) is 4.90 Å². The van der Waals surface area contributed by atoms with Gasteiger partial charge in [-0.3, -0.25) is 14.5 Å². The zero-order chi connectivity index (χ0) is 15.2. The van der Waals surface area contributed by atoms with Gasteiger partial charge in [0.1, 0.15) is 11.6 Å². The molecular formula is C16H21FN2O2. The molecule has 0 bridgehead atoms. The number of ketones is 1. The van der Waals surface area contributed by atoms with Crippen LogP contribution < -0.4 is 0 Å². The molecule has 0 unspecified atom stereocenters. The highest BCUT2D eigenvalue weighted by Gasteiger charge is 2.21. The number of aryl methyl sites for hydroxylation is 1. The second kappa shape index (κ2) is 7.31. The zero-order valence-electron chi connectivity index (χ0n) is 12.3. The van der Waals surface area contributed by atoms with E-state index in [1.165, 1.54) is 12.1 Å². The Balaban J connectivity index is 1.74. The molecule has 1 fully saturated rings. The summed E-state index contributed by atoms with van der Waals surface area (Å²) >= 11 is 0. The van der Waals surface area contributed by atoms with E-state index in [4.69, 9.17) is 0 Å². The molecule has 0 aromatic heterocycles. The molecule has 0 N–H and O–H groups in total. The van der Waals surface area contributed by atoms with Crippen molar-refractivity contribution in [3.8, 4) is 0 Å². The van der Waals surface area contributed by atoms with Gasteiger partial charge in [-0.15, -0.1) is 0 Å². The van der Waals surface area contributed by atoms with Gasteiger partial charge in [0.15, 0.2) is 0 Å². The van der Waals surface area contributed by atoms with Gasteiger partial charge in [0.25, 0.3) is 0 Å². The fourth-order valence-electron chi connectivity index (χ4n) is 2.53. The Morgan fingerprint density at radius 1 is 1.10 bits per heavy atom. The SMILES string of the molecule is CC(=O)CN1CCN(C(=O)CCc2ccc(F)cc2)CC1. The highest BCUT2D eigenvalue weighted by molar-refractivity contribution is 5.78. The van der Waals surface area contributed by atoms with E-state index in [0.717, 1.165) is 18.7 Å². The van der Waals surface area contributed by atoms with Crippen molar-refractivity contribution >= 4 is 11.7 Å². The van der Waals surface area contributed by atoms with Gasteiger partial charge in [-0.1, -0.05) is 12.1 Å². The van der Waals surface area contributed by atoms with Crippen molar-refractivity contribution < 1.29 is 14.0 Å². The minimum Gasteiger partial charge on any atom is -0.340 e. The molecule has 1 aliphatic heterocycles. The lowest BCUT2D eigenvalue weighted by molar-refractivity contribution is -0.133. The normalized spacial score (nSPS) is 16.0. The van der Waals surface area contributed by atoms with Crippen LogP contribution in [0.3, 0.4) is 0 Å². The summed E-state index contributed by atoms with van der Waals surface area (Å²) in [6.45, 7) is 4.91. The number of halogens is 1. The van der Waals surface area contributed by atoms with E-state index in [1.807, 2.05) is 4.90 Å². The Morgan fingerprint density at radius 3 is 2.29 bits per heavy atom. The van der Waals surface area contributed by atoms with Crippen LogP contribution in [0.5, 0.6) is 0 Å². The van der Waals surface area contributed by atoms with Crippen molar-refractivity contribution in [3.63, 3.8) is 0 Å². The molecule has 5 heteroatoms. The first-order valence-corrected chi connectivity index (χ1v) is 7.28. The minimum absolute atomic E-state index is 0.127. The van der Waals surface area contributed by atoms with E-state index in [0.29, 0.717) is 32.5 Å². The summed E-state index contributed by atoms with van der Waals surface area (Å²) in [5, 5.41) is 0. The van der Waals surface area contributed by atoms with Gasteiger partial charge < -0.3 is 4.90 Å². The Hall–Kier alpha value is -1.75. The predicted molar refractivity (Wildman–Crippen MR) is 78.4 cm³/mol. The van der Waals surface area contributed by atoms with Crippen LogP contribution in [0.25, 0.3) is 0 Å². The summed E-state index contributed by atoms with van der Waals surface area (Å²) in [7, 11) is 0. The number of hydrogen-bond donors (Lipinski definition) is 0.